The Balaban J connectivity index is 2.61. The quantitative estimate of drug-likeness (QED) is 0.749. The van der Waals surface area contributed by atoms with Crippen molar-refractivity contribution in [1.29, 1.82) is 0 Å². The molecule has 0 atom stereocenters. The molecule has 0 aliphatic carbocycles. The van der Waals surface area contributed by atoms with Crippen molar-refractivity contribution in [2.75, 3.05) is 17.6 Å². The van der Waals surface area contributed by atoms with E-state index in [0.29, 0.717) is 5.69 Å². The summed E-state index contributed by atoms with van der Waals surface area (Å²) in [6.07, 6.45) is 2.31. The van der Waals surface area contributed by atoms with Crippen LogP contribution in [-0.4, -0.2) is 6.54 Å². The number of nitrogens with two attached hydrogens (primary N) is 1. The van der Waals surface area contributed by atoms with Crippen molar-refractivity contribution in [3.63, 3.8) is 0 Å². The molecule has 0 aliphatic heterocycles. The summed E-state index contributed by atoms with van der Waals surface area (Å²) in [6.45, 7) is 7.44. The summed E-state index contributed by atoms with van der Waals surface area (Å²) in [7, 11) is 0. The third-order valence-electron chi connectivity index (χ3n) is 2.70. The van der Waals surface area contributed by atoms with Gasteiger partial charge in [0.25, 0.3) is 0 Å². The minimum atomic E-state index is -0.295. The summed E-state index contributed by atoms with van der Waals surface area (Å²) in [5, 5.41) is 3.27. The van der Waals surface area contributed by atoms with Crippen molar-refractivity contribution in [2.24, 2.45) is 5.41 Å². The smallest absolute Gasteiger partial charge is 0.125 e. The molecule has 0 saturated heterocycles. The van der Waals surface area contributed by atoms with Gasteiger partial charge in [0, 0.05) is 6.54 Å². The standard InChI is InChI=1S/C13H21FN2/c1-4-7-13(2,3)9-16-12-6-5-10(14)8-11(12)15/h5-6,8,16H,4,7,9,15H2,1-3H3. The number of rotatable bonds is 5. The molecule has 0 spiro atoms. The lowest BCUT2D eigenvalue weighted by molar-refractivity contribution is 0.355. The van der Waals surface area contributed by atoms with Gasteiger partial charge in [-0.2, -0.15) is 0 Å². The summed E-state index contributed by atoms with van der Waals surface area (Å²) in [5.74, 6) is -0.295. The highest BCUT2D eigenvalue weighted by Crippen LogP contribution is 2.25. The van der Waals surface area contributed by atoms with Crippen LogP contribution in [0.15, 0.2) is 18.2 Å². The van der Waals surface area contributed by atoms with Gasteiger partial charge in [0.1, 0.15) is 5.82 Å². The van der Waals surface area contributed by atoms with Crippen LogP contribution in [0, 0.1) is 11.2 Å². The second-order valence-electron chi connectivity index (χ2n) is 5.00. The van der Waals surface area contributed by atoms with Crippen LogP contribution in [0.1, 0.15) is 33.6 Å². The number of benzene rings is 1. The molecule has 0 aromatic heterocycles. The zero-order valence-electron chi connectivity index (χ0n) is 10.3. The highest BCUT2D eigenvalue weighted by molar-refractivity contribution is 5.65. The average molecular weight is 224 g/mol. The van der Waals surface area contributed by atoms with E-state index in [0.717, 1.165) is 25.1 Å². The van der Waals surface area contributed by atoms with Crippen LogP contribution >= 0.6 is 0 Å². The Labute approximate surface area is 97.0 Å². The Morgan fingerprint density at radius 3 is 2.62 bits per heavy atom. The highest BCUT2D eigenvalue weighted by atomic mass is 19.1. The van der Waals surface area contributed by atoms with Crippen molar-refractivity contribution in [1.82, 2.24) is 0 Å². The zero-order chi connectivity index (χ0) is 12.2. The van der Waals surface area contributed by atoms with E-state index in [-0.39, 0.29) is 11.2 Å². The first-order chi connectivity index (χ1) is 7.44. The maximum Gasteiger partial charge on any atom is 0.125 e. The van der Waals surface area contributed by atoms with Gasteiger partial charge in [0.2, 0.25) is 0 Å². The fourth-order valence-corrected chi connectivity index (χ4v) is 1.79. The third kappa shape index (κ3) is 3.72. The SMILES string of the molecule is CCCC(C)(C)CNc1ccc(F)cc1N. The second-order valence-corrected chi connectivity index (χ2v) is 5.00. The molecule has 0 unspecified atom stereocenters. The van der Waals surface area contributed by atoms with Gasteiger partial charge in [0.15, 0.2) is 0 Å². The molecule has 0 aliphatic rings. The van der Waals surface area contributed by atoms with Crippen molar-refractivity contribution >= 4 is 11.4 Å². The first-order valence-corrected chi connectivity index (χ1v) is 5.73. The van der Waals surface area contributed by atoms with Gasteiger partial charge in [-0.15, -0.1) is 0 Å². The molecular formula is C13H21FN2. The molecule has 0 saturated carbocycles. The second kappa shape index (κ2) is 5.19. The Morgan fingerprint density at radius 2 is 2.06 bits per heavy atom. The predicted octanol–water partition coefficient (Wildman–Crippen LogP) is 3.65. The molecule has 3 heteroatoms. The Morgan fingerprint density at radius 1 is 1.38 bits per heavy atom. The largest absolute Gasteiger partial charge is 0.397 e. The van der Waals surface area contributed by atoms with Gasteiger partial charge >= 0.3 is 0 Å². The molecule has 1 aromatic rings. The zero-order valence-corrected chi connectivity index (χ0v) is 10.3. The van der Waals surface area contributed by atoms with E-state index < -0.39 is 0 Å². The number of nitrogen functional groups attached to an aromatic ring is 1. The van der Waals surface area contributed by atoms with Crippen LogP contribution in [0.5, 0.6) is 0 Å². The van der Waals surface area contributed by atoms with Gasteiger partial charge in [-0.05, 0) is 30.0 Å². The van der Waals surface area contributed by atoms with Gasteiger partial charge in [-0.1, -0.05) is 27.2 Å². The molecule has 2 nitrogen and oxygen atoms in total. The summed E-state index contributed by atoms with van der Waals surface area (Å²) >= 11 is 0. The van der Waals surface area contributed by atoms with E-state index in [1.165, 1.54) is 12.1 Å². The van der Waals surface area contributed by atoms with Crippen LogP contribution in [0.3, 0.4) is 0 Å². The molecule has 0 fully saturated rings. The maximum absolute atomic E-state index is 12.8. The van der Waals surface area contributed by atoms with Crippen LogP contribution in [-0.2, 0) is 0 Å². The first kappa shape index (κ1) is 12.8. The van der Waals surface area contributed by atoms with Gasteiger partial charge in [0.05, 0.1) is 11.4 Å². The molecule has 0 heterocycles. The molecule has 3 N–H and O–H groups in total. The van der Waals surface area contributed by atoms with Crippen LogP contribution in [0.4, 0.5) is 15.8 Å². The summed E-state index contributed by atoms with van der Waals surface area (Å²) in [4.78, 5) is 0. The summed E-state index contributed by atoms with van der Waals surface area (Å²) in [5.41, 5.74) is 7.23. The number of hydrogen-bond donors (Lipinski definition) is 2. The number of halogens is 1. The summed E-state index contributed by atoms with van der Waals surface area (Å²) < 4.78 is 12.8. The monoisotopic (exact) mass is 224 g/mol. The van der Waals surface area contributed by atoms with Crippen LogP contribution in [0.25, 0.3) is 0 Å². The van der Waals surface area contributed by atoms with E-state index >= 15 is 0 Å². The Bertz CT molecular complexity index is 348. The number of nitrogens with one attached hydrogen (secondary N) is 1. The van der Waals surface area contributed by atoms with E-state index in [9.17, 15) is 4.39 Å². The normalized spacial score (nSPS) is 11.5. The van der Waals surface area contributed by atoms with Crippen molar-refractivity contribution in [2.45, 2.75) is 33.6 Å². The number of anilines is 2. The number of hydrogen-bond acceptors (Lipinski definition) is 2. The molecule has 0 amide bonds. The lowest BCUT2D eigenvalue weighted by atomic mass is 9.88. The maximum atomic E-state index is 12.8. The van der Waals surface area contributed by atoms with Gasteiger partial charge in [-0.3, -0.25) is 0 Å². The van der Waals surface area contributed by atoms with E-state index in [1.54, 1.807) is 6.07 Å². The minimum Gasteiger partial charge on any atom is -0.397 e. The molecular weight excluding hydrogens is 203 g/mol. The van der Waals surface area contributed by atoms with Crippen molar-refractivity contribution in [3.05, 3.63) is 24.0 Å². The lowest BCUT2D eigenvalue weighted by Gasteiger charge is -2.25. The molecule has 1 aromatic carbocycles. The fourth-order valence-electron chi connectivity index (χ4n) is 1.79. The summed E-state index contributed by atoms with van der Waals surface area (Å²) in [6, 6.07) is 4.45. The third-order valence-corrected chi connectivity index (χ3v) is 2.70. The van der Waals surface area contributed by atoms with Crippen molar-refractivity contribution in [3.8, 4) is 0 Å². The van der Waals surface area contributed by atoms with Crippen LogP contribution < -0.4 is 11.1 Å². The van der Waals surface area contributed by atoms with E-state index in [4.69, 9.17) is 5.73 Å². The van der Waals surface area contributed by atoms with Crippen molar-refractivity contribution < 1.29 is 4.39 Å². The van der Waals surface area contributed by atoms with Gasteiger partial charge in [-0.25, -0.2) is 4.39 Å². The predicted molar refractivity (Wildman–Crippen MR) is 68.0 cm³/mol. The Kier molecular flexibility index (Phi) is 4.16. The van der Waals surface area contributed by atoms with Crippen LogP contribution in [0.2, 0.25) is 0 Å². The molecule has 0 bridgehead atoms. The topological polar surface area (TPSA) is 38.0 Å². The molecule has 90 valence electrons. The molecule has 1 rings (SSSR count). The highest BCUT2D eigenvalue weighted by Gasteiger charge is 2.16. The van der Waals surface area contributed by atoms with Gasteiger partial charge < -0.3 is 11.1 Å². The molecule has 16 heavy (non-hydrogen) atoms. The lowest BCUT2D eigenvalue weighted by Crippen LogP contribution is -2.23. The fraction of sp³-hybridized carbons (Fsp3) is 0.538. The van der Waals surface area contributed by atoms with E-state index in [2.05, 4.69) is 26.1 Å². The molecule has 0 radical (unpaired) electrons. The van der Waals surface area contributed by atoms with E-state index in [1.807, 2.05) is 0 Å². The Hall–Kier alpha value is -1.25. The first-order valence-electron chi connectivity index (χ1n) is 5.73. The minimum absolute atomic E-state index is 0.232. The average Bonchev–Trinajstić information content (AvgIpc) is 2.16.